The molecule has 0 fully saturated rings. The third-order valence-corrected chi connectivity index (χ3v) is 4.00. The number of nitrogens with one attached hydrogen (secondary N) is 1. The molecule has 0 bridgehead atoms. The van der Waals surface area contributed by atoms with Gasteiger partial charge in [0.05, 0.1) is 16.3 Å². The Bertz CT molecular complexity index is 798. The fourth-order valence-corrected chi connectivity index (χ4v) is 2.68. The van der Waals surface area contributed by atoms with Crippen LogP contribution in [0, 0.1) is 0 Å². The summed E-state index contributed by atoms with van der Waals surface area (Å²) in [7, 11) is 1.56. The molecule has 0 spiro atoms. The molecule has 1 aromatic carbocycles. The quantitative estimate of drug-likeness (QED) is 0.786. The summed E-state index contributed by atoms with van der Waals surface area (Å²) in [4.78, 5) is 12.8. The Kier molecular flexibility index (Phi) is 4.08. The number of anilines is 1. The molecule has 0 aliphatic heterocycles. The van der Waals surface area contributed by atoms with Gasteiger partial charge in [-0.3, -0.25) is 10.1 Å². The average molecular weight is 336 g/mol. The van der Waals surface area contributed by atoms with Gasteiger partial charge in [-0.05, 0) is 36.4 Å². The van der Waals surface area contributed by atoms with Crippen molar-refractivity contribution in [1.29, 1.82) is 0 Å². The molecule has 3 aromatic rings. The minimum atomic E-state index is -0.345. The molecule has 0 unspecified atom stereocenters. The second kappa shape index (κ2) is 6.17. The first kappa shape index (κ1) is 14.6. The first-order valence-corrected chi connectivity index (χ1v) is 7.40. The number of hydrogen-bond donors (Lipinski definition) is 1. The molecule has 2 aromatic heterocycles. The molecule has 2 heterocycles. The number of benzene rings is 1. The predicted octanol–water partition coefficient (Wildman–Crippen LogP) is 3.71. The molecule has 0 aliphatic carbocycles. The maximum atomic E-state index is 12.1. The summed E-state index contributed by atoms with van der Waals surface area (Å²) in [5.41, 5.74) is 0.458. The third-order valence-electron chi connectivity index (χ3n) is 2.78. The fraction of sp³-hybridized carbons (Fsp3) is 0.0714. The molecule has 22 heavy (non-hydrogen) atoms. The molecular weight excluding hydrogens is 326 g/mol. The minimum absolute atomic E-state index is 0.0281. The highest BCUT2D eigenvalue weighted by Crippen LogP contribution is 2.30. The normalized spacial score (nSPS) is 10.5. The standard InChI is InChI=1S/C14H10ClN3O3S/c1-20-9-4-2-8(3-5-9)12(19)16-14-18-17-13(21-14)10-6-7-11(15)22-10/h2-7H,1H3,(H,16,18,19). The van der Waals surface area contributed by atoms with Crippen molar-refractivity contribution in [2.75, 3.05) is 12.4 Å². The summed E-state index contributed by atoms with van der Waals surface area (Å²) in [5.74, 6) is 0.634. The highest BCUT2D eigenvalue weighted by molar-refractivity contribution is 7.19. The van der Waals surface area contributed by atoms with Crippen LogP contribution in [-0.4, -0.2) is 23.2 Å². The Balaban J connectivity index is 1.72. The number of aromatic nitrogens is 2. The van der Waals surface area contributed by atoms with E-state index in [1.54, 1.807) is 43.5 Å². The highest BCUT2D eigenvalue weighted by Gasteiger charge is 2.14. The molecule has 8 heteroatoms. The van der Waals surface area contributed by atoms with Crippen LogP contribution in [0.25, 0.3) is 10.8 Å². The summed E-state index contributed by atoms with van der Waals surface area (Å²) in [6, 6.07) is 10.2. The van der Waals surface area contributed by atoms with Gasteiger partial charge in [0.1, 0.15) is 5.75 Å². The monoisotopic (exact) mass is 335 g/mol. The lowest BCUT2D eigenvalue weighted by molar-refractivity contribution is 0.102. The van der Waals surface area contributed by atoms with Crippen LogP contribution in [-0.2, 0) is 0 Å². The molecule has 3 rings (SSSR count). The molecule has 0 radical (unpaired) electrons. The number of ether oxygens (including phenoxy) is 1. The molecule has 0 saturated heterocycles. The summed E-state index contributed by atoms with van der Waals surface area (Å²) in [6.07, 6.45) is 0. The minimum Gasteiger partial charge on any atom is -0.497 e. The van der Waals surface area contributed by atoms with Crippen LogP contribution < -0.4 is 10.1 Å². The van der Waals surface area contributed by atoms with E-state index in [4.69, 9.17) is 20.8 Å². The van der Waals surface area contributed by atoms with Crippen molar-refractivity contribution in [3.63, 3.8) is 0 Å². The summed E-state index contributed by atoms with van der Waals surface area (Å²) < 4.78 is 11.1. The van der Waals surface area contributed by atoms with Gasteiger partial charge in [0.25, 0.3) is 11.8 Å². The average Bonchev–Trinajstić information content (AvgIpc) is 3.16. The number of hydrogen-bond acceptors (Lipinski definition) is 6. The fourth-order valence-electron chi connectivity index (χ4n) is 1.71. The Labute approximate surface area is 134 Å². The van der Waals surface area contributed by atoms with Crippen molar-refractivity contribution in [3.05, 3.63) is 46.3 Å². The van der Waals surface area contributed by atoms with Crippen LogP contribution in [0.3, 0.4) is 0 Å². The van der Waals surface area contributed by atoms with Crippen molar-refractivity contribution >= 4 is 34.9 Å². The van der Waals surface area contributed by atoms with Crippen molar-refractivity contribution < 1.29 is 13.9 Å². The van der Waals surface area contributed by atoms with E-state index >= 15 is 0 Å². The lowest BCUT2D eigenvalue weighted by Crippen LogP contribution is -2.11. The predicted molar refractivity (Wildman–Crippen MR) is 83.6 cm³/mol. The third kappa shape index (κ3) is 3.10. The zero-order valence-electron chi connectivity index (χ0n) is 11.4. The van der Waals surface area contributed by atoms with Gasteiger partial charge in [0.15, 0.2) is 0 Å². The lowest BCUT2D eigenvalue weighted by Gasteiger charge is -2.02. The van der Waals surface area contributed by atoms with Crippen LogP contribution in [0.2, 0.25) is 4.34 Å². The van der Waals surface area contributed by atoms with E-state index in [9.17, 15) is 4.79 Å². The highest BCUT2D eigenvalue weighted by atomic mass is 35.5. The van der Waals surface area contributed by atoms with Gasteiger partial charge >= 0.3 is 6.01 Å². The Morgan fingerprint density at radius 3 is 2.64 bits per heavy atom. The molecule has 6 nitrogen and oxygen atoms in total. The van der Waals surface area contributed by atoms with Gasteiger partial charge in [-0.25, -0.2) is 0 Å². The van der Waals surface area contributed by atoms with Gasteiger partial charge in [-0.15, -0.1) is 16.4 Å². The van der Waals surface area contributed by atoms with Gasteiger partial charge in [-0.1, -0.05) is 16.7 Å². The number of methoxy groups -OCH3 is 1. The van der Waals surface area contributed by atoms with Crippen molar-refractivity contribution in [2.24, 2.45) is 0 Å². The zero-order valence-corrected chi connectivity index (χ0v) is 12.9. The van der Waals surface area contributed by atoms with E-state index in [1.807, 2.05) is 0 Å². The van der Waals surface area contributed by atoms with Gasteiger partial charge in [-0.2, -0.15) is 0 Å². The second-order valence-electron chi connectivity index (χ2n) is 4.20. The molecule has 112 valence electrons. The largest absolute Gasteiger partial charge is 0.497 e. The van der Waals surface area contributed by atoms with Crippen LogP contribution in [0.4, 0.5) is 6.01 Å². The van der Waals surface area contributed by atoms with Gasteiger partial charge in [0.2, 0.25) is 0 Å². The van der Waals surface area contributed by atoms with Crippen LogP contribution in [0.5, 0.6) is 5.75 Å². The first-order chi connectivity index (χ1) is 10.7. The van der Waals surface area contributed by atoms with Crippen LogP contribution in [0.1, 0.15) is 10.4 Å². The van der Waals surface area contributed by atoms with Crippen molar-refractivity contribution in [2.45, 2.75) is 0 Å². The number of carbonyl (C=O) groups is 1. The van der Waals surface area contributed by atoms with E-state index < -0.39 is 0 Å². The van der Waals surface area contributed by atoms with Crippen molar-refractivity contribution in [3.8, 4) is 16.5 Å². The van der Waals surface area contributed by atoms with E-state index in [-0.39, 0.29) is 11.9 Å². The Hall–Kier alpha value is -2.38. The van der Waals surface area contributed by atoms with E-state index in [2.05, 4.69) is 15.5 Å². The summed E-state index contributed by atoms with van der Waals surface area (Å²) >= 11 is 7.17. The van der Waals surface area contributed by atoms with Crippen LogP contribution in [0.15, 0.2) is 40.8 Å². The smallest absolute Gasteiger partial charge is 0.322 e. The maximum Gasteiger partial charge on any atom is 0.322 e. The number of amides is 1. The first-order valence-electron chi connectivity index (χ1n) is 6.20. The maximum absolute atomic E-state index is 12.1. The second-order valence-corrected chi connectivity index (χ2v) is 5.91. The molecule has 0 saturated carbocycles. The number of nitrogens with zero attached hydrogens (tertiary/aromatic N) is 2. The molecule has 1 amide bonds. The number of halogens is 1. The Morgan fingerprint density at radius 2 is 2.00 bits per heavy atom. The van der Waals surface area contributed by atoms with E-state index in [1.165, 1.54) is 11.3 Å². The number of rotatable bonds is 4. The van der Waals surface area contributed by atoms with E-state index in [0.29, 0.717) is 21.5 Å². The number of thiophene rings is 1. The van der Waals surface area contributed by atoms with Gasteiger partial charge in [0, 0.05) is 5.56 Å². The molecular formula is C14H10ClN3O3S. The zero-order chi connectivity index (χ0) is 15.5. The number of carbonyl (C=O) groups excluding carboxylic acids is 1. The van der Waals surface area contributed by atoms with Gasteiger partial charge < -0.3 is 9.15 Å². The Morgan fingerprint density at radius 1 is 1.23 bits per heavy atom. The SMILES string of the molecule is COc1ccc(C(=O)Nc2nnc(-c3ccc(Cl)s3)o2)cc1. The lowest BCUT2D eigenvalue weighted by atomic mass is 10.2. The van der Waals surface area contributed by atoms with Crippen LogP contribution >= 0.6 is 22.9 Å². The molecule has 0 atom stereocenters. The molecule has 1 N–H and O–H groups in total. The topological polar surface area (TPSA) is 77.2 Å². The van der Waals surface area contributed by atoms with Crippen molar-refractivity contribution in [1.82, 2.24) is 10.2 Å². The molecule has 0 aliphatic rings. The summed E-state index contributed by atoms with van der Waals surface area (Å²) in [5, 5.41) is 10.2. The summed E-state index contributed by atoms with van der Waals surface area (Å²) in [6.45, 7) is 0. The van der Waals surface area contributed by atoms with E-state index in [0.717, 1.165) is 4.88 Å².